The number of likely N-dealkylation sites (N-methyl/N-ethyl adjacent to an activating group) is 1. The maximum atomic E-state index is 13.5. The summed E-state index contributed by atoms with van der Waals surface area (Å²) in [7, 11) is -0.868. The number of para-hydroxylation sites is 1. The summed E-state index contributed by atoms with van der Waals surface area (Å²) in [6, 6.07) is 19.2. The number of sulfonamides is 1. The van der Waals surface area contributed by atoms with Gasteiger partial charge in [0.1, 0.15) is 17.6 Å². The lowest BCUT2D eigenvalue weighted by Gasteiger charge is -2.33. The molecule has 230 valence electrons. The summed E-state index contributed by atoms with van der Waals surface area (Å²) >= 11 is 0. The molecule has 3 atom stereocenters. The highest BCUT2D eigenvalue weighted by Crippen LogP contribution is 2.30. The van der Waals surface area contributed by atoms with Crippen molar-refractivity contribution in [3.63, 3.8) is 0 Å². The lowest BCUT2D eigenvalue weighted by molar-refractivity contribution is -0.134. The molecule has 11 nitrogen and oxygen atoms in total. The molecule has 12 heteroatoms. The lowest BCUT2D eigenvalue weighted by atomic mass is 10.0. The summed E-state index contributed by atoms with van der Waals surface area (Å²) in [4.78, 5) is 27.8. The summed E-state index contributed by atoms with van der Waals surface area (Å²) in [6.45, 7) is 3.66. The SMILES string of the molecule is COc1ccc(S(=O)(=O)N(C)C[C@H]2Oc3ccc(NC(=O)Nc4ccccc4)cc3CC(=O)N([C@@H](C)CO)C[C@@H]2C)cc1. The second-order valence-corrected chi connectivity index (χ2v) is 12.7. The molecular weight excluding hydrogens is 572 g/mol. The van der Waals surface area contributed by atoms with Crippen LogP contribution in [0.15, 0.2) is 77.7 Å². The fraction of sp³-hybridized carbons (Fsp3) is 0.355. The zero-order chi connectivity index (χ0) is 31.1. The smallest absolute Gasteiger partial charge is 0.323 e. The number of benzene rings is 3. The maximum absolute atomic E-state index is 13.5. The number of fused-ring (bicyclic) bond motifs is 1. The van der Waals surface area contributed by atoms with Crippen molar-refractivity contribution in [2.45, 2.75) is 37.3 Å². The Morgan fingerprint density at radius 3 is 2.42 bits per heavy atom. The van der Waals surface area contributed by atoms with E-state index < -0.39 is 28.2 Å². The Hall–Kier alpha value is -4.13. The monoisotopic (exact) mass is 610 g/mol. The van der Waals surface area contributed by atoms with Crippen LogP contribution < -0.4 is 20.1 Å². The van der Waals surface area contributed by atoms with Gasteiger partial charge < -0.3 is 30.1 Å². The van der Waals surface area contributed by atoms with E-state index in [0.717, 1.165) is 0 Å². The highest BCUT2D eigenvalue weighted by molar-refractivity contribution is 7.89. The molecule has 1 aliphatic rings. The molecule has 1 aliphatic heterocycles. The predicted octanol–water partition coefficient (Wildman–Crippen LogP) is 3.81. The zero-order valence-corrected chi connectivity index (χ0v) is 25.5. The second-order valence-electron chi connectivity index (χ2n) is 10.6. The molecule has 3 aromatic rings. The Kier molecular flexibility index (Phi) is 10.3. The highest BCUT2D eigenvalue weighted by Gasteiger charge is 2.33. The number of nitrogens with one attached hydrogen (secondary N) is 2. The molecule has 0 radical (unpaired) electrons. The molecule has 0 aliphatic carbocycles. The van der Waals surface area contributed by atoms with Crippen molar-refractivity contribution in [3.8, 4) is 11.5 Å². The number of rotatable bonds is 9. The van der Waals surface area contributed by atoms with Crippen molar-refractivity contribution in [1.82, 2.24) is 9.21 Å². The Bertz CT molecular complexity index is 1520. The van der Waals surface area contributed by atoms with E-state index in [1.165, 1.54) is 30.6 Å². The average Bonchev–Trinajstić information content (AvgIpc) is 3.04. The number of amides is 3. The first-order chi connectivity index (χ1) is 20.5. The van der Waals surface area contributed by atoms with E-state index >= 15 is 0 Å². The number of urea groups is 1. The fourth-order valence-corrected chi connectivity index (χ4v) is 6.00. The van der Waals surface area contributed by atoms with Gasteiger partial charge in [0.25, 0.3) is 0 Å². The number of hydrogen-bond donors (Lipinski definition) is 3. The molecule has 0 bridgehead atoms. The third kappa shape index (κ3) is 7.83. The van der Waals surface area contributed by atoms with E-state index in [0.29, 0.717) is 28.4 Å². The topological polar surface area (TPSA) is 138 Å². The van der Waals surface area contributed by atoms with Gasteiger partial charge in [-0.15, -0.1) is 0 Å². The molecule has 0 unspecified atom stereocenters. The first kappa shape index (κ1) is 31.8. The van der Waals surface area contributed by atoms with Crippen molar-refractivity contribution in [3.05, 3.63) is 78.4 Å². The van der Waals surface area contributed by atoms with Crippen LogP contribution in [0, 0.1) is 5.92 Å². The van der Waals surface area contributed by atoms with E-state index in [9.17, 15) is 23.1 Å². The number of ether oxygens (including phenoxy) is 2. The third-order valence-electron chi connectivity index (χ3n) is 7.41. The number of aliphatic hydroxyl groups is 1. The van der Waals surface area contributed by atoms with Gasteiger partial charge >= 0.3 is 6.03 Å². The minimum atomic E-state index is -3.86. The Balaban J connectivity index is 1.61. The first-order valence-corrected chi connectivity index (χ1v) is 15.4. The minimum Gasteiger partial charge on any atom is -0.497 e. The number of carbonyl (C=O) groups is 2. The third-order valence-corrected chi connectivity index (χ3v) is 9.25. The number of aliphatic hydroxyl groups excluding tert-OH is 1. The number of methoxy groups -OCH3 is 1. The van der Waals surface area contributed by atoms with Crippen molar-refractivity contribution < 1.29 is 32.6 Å². The van der Waals surface area contributed by atoms with Crippen LogP contribution in [0.2, 0.25) is 0 Å². The summed E-state index contributed by atoms with van der Waals surface area (Å²) in [6.07, 6.45) is -0.675. The van der Waals surface area contributed by atoms with Gasteiger partial charge in [0.05, 0.1) is 37.6 Å². The molecule has 0 spiro atoms. The zero-order valence-electron chi connectivity index (χ0n) is 24.7. The van der Waals surface area contributed by atoms with Crippen LogP contribution in [-0.4, -0.2) is 80.7 Å². The molecule has 0 fully saturated rings. The van der Waals surface area contributed by atoms with Gasteiger partial charge in [-0.05, 0) is 61.5 Å². The van der Waals surface area contributed by atoms with E-state index in [1.807, 2.05) is 25.1 Å². The van der Waals surface area contributed by atoms with Crippen molar-refractivity contribution in [1.29, 1.82) is 0 Å². The standard InChI is InChI=1S/C31H38N4O7S/c1-21-18-35(22(2)20-36)30(37)17-23-16-25(33-31(38)32-24-8-6-5-7-9-24)10-15-28(23)42-29(21)19-34(3)43(39,40)27-13-11-26(41-4)12-14-27/h5-16,21-22,29,36H,17-20H2,1-4H3,(H2,32,33,38)/t21-,22-,29+/m0/s1. The molecule has 0 aromatic heterocycles. The van der Waals surface area contributed by atoms with Gasteiger partial charge in [0, 0.05) is 36.4 Å². The average molecular weight is 611 g/mol. The molecule has 4 rings (SSSR count). The highest BCUT2D eigenvalue weighted by atomic mass is 32.2. The normalized spacial score (nSPS) is 18.0. The quantitative estimate of drug-likeness (QED) is 0.335. The van der Waals surface area contributed by atoms with Crippen LogP contribution >= 0.6 is 0 Å². The van der Waals surface area contributed by atoms with Gasteiger partial charge in [-0.25, -0.2) is 13.2 Å². The van der Waals surface area contributed by atoms with Crippen LogP contribution in [0.1, 0.15) is 19.4 Å². The van der Waals surface area contributed by atoms with Crippen LogP contribution in [0.4, 0.5) is 16.2 Å². The van der Waals surface area contributed by atoms with Gasteiger partial charge in [0.2, 0.25) is 15.9 Å². The molecule has 1 heterocycles. The Morgan fingerprint density at radius 2 is 1.77 bits per heavy atom. The van der Waals surface area contributed by atoms with Crippen LogP contribution in [0.5, 0.6) is 11.5 Å². The lowest BCUT2D eigenvalue weighted by Crippen LogP contribution is -2.48. The summed E-state index contributed by atoms with van der Waals surface area (Å²) in [5, 5.41) is 15.4. The molecule has 43 heavy (non-hydrogen) atoms. The van der Waals surface area contributed by atoms with Gasteiger partial charge in [-0.2, -0.15) is 4.31 Å². The number of anilines is 2. The van der Waals surface area contributed by atoms with E-state index in [1.54, 1.807) is 54.3 Å². The number of nitrogens with zero attached hydrogens (tertiary/aromatic N) is 2. The van der Waals surface area contributed by atoms with Crippen LogP contribution in [0.25, 0.3) is 0 Å². The molecule has 0 saturated heterocycles. The number of hydrogen-bond acceptors (Lipinski definition) is 7. The molecule has 3 aromatic carbocycles. The molecule has 3 N–H and O–H groups in total. The van der Waals surface area contributed by atoms with Gasteiger partial charge in [-0.3, -0.25) is 4.79 Å². The summed E-state index contributed by atoms with van der Waals surface area (Å²) in [5.41, 5.74) is 1.60. The van der Waals surface area contributed by atoms with Crippen LogP contribution in [0.3, 0.4) is 0 Å². The Morgan fingerprint density at radius 1 is 1.09 bits per heavy atom. The molecule has 0 saturated carbocycles. The van der Waals surface area contributed by atoms with Gasteiger partial charge in [-0.1, -0.05) is 25.1 Å². The largest absolute Gasteiger partial charge is 0.497 e. The predicted molar refractivity (Wildman–Crippen MR) is 164 cm³/mol. The second kappa shape index (κ2) is 13.9. The van der Waals surface area contributed by atoms with E-state index in [4.69, 9.17) is 9.47 Å². The summed E-state index contributed by atoms with van der Waals surface area (Å²) in [5.74, 6) is 0.435. The Labute approximate surface area is 252 Å². The van der Waals surface area contributed by atoms with Crippen molar-refractivity contribution in [2.24, 2.45) is 5.92 Å². The van der Waals surface area contributed by atoms with E-state index in [2.05, 4.69) is 10.6 Å². The van der Waals surface area contributed by atoms with Crippen molar-refractivity contribution in [2.75, 3.05) is 44.5 Å². The molecular formula is C31H38N4O7S. The maximum Gasteiger partial charge on any atom is 0.323 e. The molecule has 3 amide bonds. The van der Waals surface area contributed by atoms with Crippen LogP contribution in [-0.2, 0) is 21.2 Å². The first-order valence-electron chi connectivity index (χ1n) is 13.9. The summed E-state index contributed by atoms with van der Waals surface area (Å²) < 4.78 is 39.6. The van der Waals surface area contributed by atoms with E-state index in [-0.39, 0.29) is 42.8 Å². The minimum absolute atomic E-state index is 0.00396. The fourth-order valence-electron chi connectivity index (χ4n) is 4.82. The van der Waals surface area contributed by atoms with Gasteiger partial charge in [0.15, 0.2) is 0 Å². The number of carbonyl (C=O) groups excluding carboxylic acids is 2. The van der Waals surface area contributed by atoms with Crippen molar-refractivity contribution >= 4 is 33.3 Å².